The largest absolute Gasteiger partial charge is 0.508 e. The summed E-state index contributed by atoms with van der Waals surface area (Å²) in [6, 6.07) is 16.9. The molecular formula is C20H18N4O2. The van der Waals surface area contributed by atoms with Crippen molar-refractivity contribution in [3.8, 4) is 28.6 Å². The molecule has 6 nitrogen and oxygen atoms in total. The molecule has 26 heavy (non-hydrogen) atoms. The Morgan fingerprint density at radius 1 is 0.962 bits per heavy atom. The summed E-state index contributed by atoms with van der Waals surface area (Å²) < 4.78 is 1.72. The van der Waals surface area contributed by atoms with Crippen LogP contribution in [0.5, 0.6) is 11.5 Å². The van der Waals surface area contributed by atoms with E-state index in [0.717, 1.165) is 16.5 Å². The number of aromatic nitrogens is 3. The van der Waals surface area contributed by atoms with E-state index in [2.05, 4.69) is 10.2 Å². The van der Waals surface area contributed by atoms with E-state index in [0.29, 0.717) is 23.4 Å². The number of phenols is 2. The number of rotatable bonds is 3. The fourth-order valence-corrected chi connectivity index (χ4v) is 3.20. The van der Waals surface area contributed by atoms with Crippen molar-refractivity contribution in [3.05, 3.63) is 60.2 Å². The van der Waals surface area contributed by atoms with Crippen molar-refractivity contribution in [2.75, 3.05) is 5.73 Å². The van der Waals surface area contributed by atoms with Crippen LogP contribution in [0.3, 0.4) is 0 Å². The molecule has 130 valence electrons. The first-order valence-electron chi connectivity index (χ1n) is 8.34. The minimum atomic E-state index is -0.0754. The van der Waals surface area contributed by atoms with Gasteiger partial charge in [0.05, 0.1) is 11.3 Å². The molecule has 0 aliphatic rings. The summed E-state index contributed by atoms with van der Waals surface area (Å²) in [5.41, 5.74) is 8.12. The van der Waals surface area contributed by atoms with Crippen LogP contribution in [0.25, 0.3) is 27.8 Å². The van der Waals surface area contributed by atoms with Gasteiger partial charge >= 0.3 is 0 Å². The van der Waals surface area contributed by atoms with Crippen molar-refractivity contribution in [2.24, 2.45) is 0 Å². The standard InChI is InChI=1S/C20H18N4O2/c1-2-12-10-15(18(26)11-17(12)25)19-22-23-20(21)24(19)16-9-5-7-13-6-3-4-8-14(13)16/h3-11,25-26H,2H2,1H3,(H2,21,23). The predicted octanol–water partition coefficient (Wildman–Crippen LogP) is 3.64. The lowest BCUT2D eigenvalue weighted by atomic mass is 10.0. The van der Waals surface area contributed by atoms with Crippen molar-refractivity contribution in [1.82, 2.24) is 14.8 Å². The van der Waals surface area contributed by atoms with Gasteiger partial charge in [-0.2, -0.15) is 0 Å². The number of nitrogens with zero attached hydrogens (tertiary/aromatic N) is 3. The van der Waals surface area contributed by atoms with Gasteiger partial charge in [-0.3, -0.25) is 4.57 Å². The number of fused-ring (bicyclic) bond motifs is 1. The van der Waals surface area contributed by atoms with Crippen LogP contribution in [0.4, 0.5) is 5.95 Å². The first-order chi connectivity index (χ1) is 12.6. The maximum Gasteiger partial charge on any atom is 0.226 e. The first-order valence-corrected chi connectivity index (χ1v) is 8.34. The Morgan fingerprint density at radius 3 is 2.54 bits per heavy atom. The second-order valence-electron chi connectivity index (χ2n) is 6.07. The SMILES string of the molecule is CCc1cc(-c2nnc(N)n2-c2cccc3ccccc23)c(O)cc1O. The number of benzene rings is 3. The number of aryl methyl sites for hydroxylation is 1. The maximum atomic E-state index is 10.4. The van der Waals surface area contributed by atoms with Gasteiger partial charge in [0, 0.05) is 11.5 Å². The lowest BCUT2D eigenvalue weighted by Crippen LogP contribution is -2.03. The highest BCUT2D eigenvalue weighted by atomic mass is 16.3. The number of anilines is 1. The summed E-state index contributed by atoms with van der Waals surface area (Å²) in [5.74, 6) is 0.625. The normalized spacial score (nSPS) is 11.1. The smallest absolute Gasteiger partial charge is 0.226 e. The maximum absolute atomic E-state index is 10.4. The summed E-state index contributed by atoms with van der Waals surface area (Å²) in [5, 5.41) is 30.6. The third-order valence-electron chi connectivity index (χ3n) is 4.51. The minimum Gasteiger partial charge on any atom is -0.508 e. The third kappa shape index (κ3) is 2.43. The first kappa shape index (κ1) is 16.0. The molecule has 0 aliphatic carbocycles. The van der Waals surface area contributed by atoms with E-state index in [9.17, 15) is 10.2 Å². The van der Waals surface area contributed by atoms with Crippen molar-refractivity contribution in [1.29, 1.82) is 0 Å². The Morgan fingerprint density at radius 2 is 1.73 bits per heavy atom. The van der Waals surface area contributed by atoms with Crippen LogP contribution in [-0.4, -0.2) is 25.0 Å². The highest BCUT2D eigenvalue weighted by Crippen LogP contribution is 2.37. The van der Waals surface area contributed by atoms with Gasteiger partial charge in [0.25, 0.3) is 0 Å². The molecule has 3 aromatic carbocycles. The van der Waals surface area contributed by atoms with Gasteiger partial charge in [0.2, 0.25) is 5.95 Å². The molecule has 0 amide bonds. The quantitative estimate of drug-likeness (QED) is 0.526. The van der Waals surface area contributed by atoms with Gasteiger partial charge in [-0.05, 0) is 29.5 Å². The Bertz CT molecular complexity index is 1110. The van der Waals surface area contributed by atoms with E-state index in [-0.39, 0.29) is 17.4 Å². The molecule has 0 spiro atoms. The van der Waals surface area contributed by atoms with E-state index >= 15 is 0 Å². The number of nitrogen functional groups attached to an aromatic ring is 1. The van der Waals surface area contributed by atoms with Crippen LogP contribution in [-0.2, 0) is 6.42 Å². The molecule has 4 rings (SSSR count). The van der Waals surface area contributed by atoms with E-state index in [4.69, 9.17) is 5.73 Å². The lowest BCUT2D eigenvalue weighted by Gasteiger charge is -2.13. The molecule has 0 unspecified atom stereocenters. The number of hydrogen-bond acceptors (Lipinski definition) is 5. The molecule has 6 heteroatoms. The molecule has 0 radical (unpaired) electrons. The summed E-state index contributed by atoms with van der Waals surface area (Å²) in [4.78, 5) is 0. The van der Waals surface area contributed by atoms with Gasteiger partial charge in [-0.25, -0.2) is 0 Å². The third-order valence-corrected chi connectivity index (χ3v) is 4.51. The Labute approximate surface area is 150 Å². The minimum absolute atomic E-state index is 0.0537. The molecular weight excluding hydrogens is 328 g/mol. The van der Waals surface area contributed by atoms with Crippen molar-refractivity contribution in [2.45, 2.75) is 13.3 Å². The Kier molecular flexibility index (Phi) is 3.73. The zero-order chi connectivity index (χ0) is 18.3. The van der Waals surface area contributed by atoms with Crippen molar-refractivity contribution >= 4 is 16.7 Å². The van der Waals surface area contributed by atoms with E-state index < -0.39 is 0 Å². The molecule has 0 fully saturated rings. The molecule has 0 atom stereocenters. The summed E-state index contributed by atoms with van der Waals surface area (Å²) in [6.45, 7) is 1.93. The van der Waals surface area contributed by atoms with Crippen LogP contribution >= 0.6 is 0 Å². The van der Waals surface area contributed by atoms with Gasteiger partial charge < -0.3 is 15.9 Å². The molecule has 4 aromatic rings. The highest BCUT2D eigenvalue weighted by Gasteiger charge is 2.19. The fraction of sp³-hybridized carbons (Fsp3) is 0.100. The van der Waals surface area contributed by atoms with Crippen LogP contribution in [0.15, 0.2) is 54.6 Å². The van der Waals surface area contributed by atoms with Gasteiger partial charge in [0.15, 0.2) is 5.82 Å². The van der Waals surface area contributed by atoms with E-state index in [1.54, 1.807) is 10.6 Å². The van der Waals surface area contributed by atoms with Crippen LogP contribution in [0.1, 0.15) is 12.5 Å². The second kappa shape index (κ2) is 6.07. The van der Waals surface area contributed by atoms with Gasteiger partial charge in [0.1, 0.15) is 11.5 Å². The average molecular weight is 346 g/mol. The Balaban J connectivity index is 2.01. The molecule has 0 aliphatic heterocycles. The molecule has 0 bridgehead atoms. The summed E-state index contributed by atoms with van der Waals surface area (Å²) >= 11 is 0. The average Bonchev–Trinajstić information content (AvgIpc) is 3.02. The lowest BCUT2D eigenvalue weighted by molar-refractivity contribution is 0.447. The molecule has 0 saturated carbocycles. The van der Waals surface area contributed by atoms with E-state index in [1.807, 2.05) is 49.4 Å². The van der Waals surface area contributed by atoms with E-state index in [1.165, 1.54) is 6.07 Å². The number of phenolic OH excluding ortho intramolecular Hbond substituents is 2. The summed E-state index contributed by atoms with van der Waals surface area (Å²) in [7, 11) is 0. The van der Waals surface area contributed by atoms with Crippen molar-refractivity contribution in [3.63, 3.8) is 0 Å². The number of hydrogen-bond donors (Lipinski definition) is 3. The summed E-state index contributed by atoms with van der Waals surface area (Å²) in [6.07, 6.45) is 0.622. The van der Waals surface area contributed by atoms with Gasteiger partial charge in [-0.15, -0.1) is 10.2 Å². The molecule has 1 aromatic heterocycles. The van der Waals surface area contributed by atoms with Crippen LogP contribution in [0.2, 0.25) is 0 Å². The number of nitrogens with two attached hydrogens (primary N) is 1. The topological polar surface area (TPSA) is 97.2 Å². The zero-order valence-corrected chi connectivity index (χ0v) is 14.2. The van der Waals surface area contributed by atoms with Crippen LogP contribution in [0, 0.1) is 0 Å². The predicted molar refractivity (Wildman–Crippen MR) is 101 cm³/mol. The molecule has 1 heterocycles. The zero-order valence-electron chi connectivity index (χ0n) is 14.2. The monoisotopic (exact) mass is 346 g/mol. The van der Waals surface area contributed by atoms with Gasteiger partial charge in [-0.1, -0.05) is 43.3 Å². The van der Waals surface area contributed by atoms with Crippen molar-refractivity contribution < 1.29 is 10.2 Å². The van der Waals surface area contributed by atoms with Crippen LogP contribution < -0.4 is 5.73 Å². The molecule has 4 N–H and O–H groups in total. The fourth-order valence-electron chi connectivity index (χ4n) is 3.20. The molecule has 0 saturated heterocycles. The Hall–Kier alpha value is -3.54. The second-order valence-corrected chi connectivity index (χ2v) is 6.07. The number of aromatic hydroxyl groups is 2. The highest BCUT2D eigenvalue weighted by molar-refractivity contribution is 5.91.